The van der Waals surface area contributed by atoms with Crippen LogP contribution in [0, 0.1) is 0 Å². The van der Waals surface area contributed by atoms with E-state index in [1.807, 2.05) is 0 Å². The third-order valence-electron chi connectivity index (χ3n) is 3.97. The van der Waals surface area contributed by atoms with Crippen molar-refractivity contribution >= 4 is 16.1 Å². The van der Waals surface area contributed by atoms with Crippen LogP contribution in [0.15, 0.2) is 0 Å². The monoisotopic (exact) mass is 336 g/mol. The molecular formula is C16H32O5S. The van der Waals surface area contributed by atoms with Gasteiger partial charge in [0.25, 0.3) is 10.1 Å². The molecule has 0 aromatic heterocycles. The van der Waals surface area contributed by atoms with Gasteiger partial charge < -0.3 is 5.11 Å². The first-order chi connectivity index (χ1) is 10.4. The molecule has 0 saturated heterocycles. The van der Waals surface area contributed by atoms with Gasteiger partial charge in [0, 0.05) is 6.42 Å². The second-order valence-electron chi connectivity index (χ2n) is 6.04. The maximum atomic E-state index is 11.4. The zero-order valence-corrected chi connectivity index (χ0v) is 14.6. The number of carbonyl (C=O) groups is 1. The molecule has 22 heavy (non-hydrogen) atoms. The highest BCUT2D eigenvalue weighted by Crippen LogP contribution is 2.18. The van der Waals surface area contributed by atoms with E-state index in [4.69, 9.17) is 5.11 Å². The van der Waals surface area contributed by atoms with E-state index < -0.39 is 21.3 Å². The number of hydrogen-bond donors (Lipinski definition) is 2. The topological polar surface area (TPSA) is 91.7 Å². The summed E-state index contributed by atoms with van der Waals surface area (Å²) in [6, 6.07) is 0. The minimum Gasteiger partial charge on any atom is -0.481 e. The van der Waals surface area contributed by atoms with Crippen molar-refractivity contribution < 1.29 is 22.9 Å². The largest absolute Gasteiger partial charge is 0.481 e. The van der Waals surface area contributed by atoms with E-state index in [0.29, 0.717) is 19.3 Å². The van der Waals surface area contributed by atoms with E-state index >= 15 is 0 Å². The molecule has 0 aromatic carbocycles. The first-order valence-corrected chi connectivity index (χ1v) is 10.1. The fourth-order valence-electron chi connectivity index (χ4n) is 2.60. The summed E-state index contributed by atoms with van der Waals surface area (Å²) in [7, 11) is -3.94. The lowest BCUT2D eigenvalue weighted by atomic mass is 10.0. The van der Waals surface area contributed by atoms with E-state index in [9.17, 15) is 17.8 Å². The first-order valence-electron chi connectivity index (χ1n) is 8.56. The molecule has 0 aliphatic carbocycles. The van der Waals surface area contributed by atoms with Gasteiger partial charge in [-0.1, -0.05) is 64.7 Å². The van der Waals surface area contributed by atoms with E-state index in [-0.39, 0.29) is 6.42 Å². The van der Waals surface area contributed by atoms with Gasteiger partial charge in [-0.2, -0.15) is 8.42 Å². The van der Waals surface area contributed by atoms with Crippen LogP contribution >= 0.6 is 0 Å². The smallest absolute Gasteiger partial charge is 0.303 e. The van der Waals surface area contributed by atoms with Crippen molar-refractivity contribution in [3.05, 3.63) is 0 Å². The first kappa shape index (κ1) is 21.4. The maximum absolute atomic E-state index is 11.4. The Morgan fingerprint density at radius 1 is 0.864 bits per heavy atom. The fourth-order valence-corrected chi connectivity index (χ4v) is 3.53. The van der Waals surface area contributed by atoms with Gasteiger partial charge >= 0.3 is 5.97 Å². The molecule has 132 valence electrons. The number of carboxylic acid groups (broad SMARTS) is 1. The van der Waals surface area contributed by atoms with Gasteiger partial charge in [0.2, 0.25) is 0 Å². The number of rotatable bonds is 15. The van der Waals surface area contributed by atoms with E-state index in [2.05, 4.69) is 6.92 Å². The molecule has 0 heterocycles. The molecule has 0 aliphatic rings. The second-order valence-corrected chi connectivity index (χ2v) is 7.74. The summed E-state index contributed by atoms with van der Waals surface area (Å²) in [5.41, 5.74) is 0. The van der Waals surface area contributed by atoms with Crippen molar-refractivity contribution in [1.82, 2.24) is 0 Å². The van der Waals surface area contributed by atoms with Crippen LogP contribution in [0.5, 0.6) is 0 Å². The summed E-state index contributed by atoms with van der Waals surface area (Å²) in [6.45, 7) is 2.14. The fraction of sp³-hybridized carbons (Fsp3) is 0.938. The molecule has 0 radical (unpaired) electrons. The number of hydrogen-bond acceptors (Lipinski definition) is 3. The van der Waals surface area contributed by atoms with Crippen molar-refractivity contribution in [3.8, 4) is 0 Å². The van der Waals surface area contributed by atoms with Crippen LogP contribution < -0.4 is 0 Å². The van der Waals surface area contributed by atoms with E-state index in [0.717, 1.165) is 51.4 Å². The zero-order valence-electron chi connectivity index (χ0n) is 13.8. The minimum atomic E-state index is -3.94. The summed E-state index contributed by atoms with van der Waals surface area (Å²) < 4.78 is 32.1. The van der Waals surface area contributed by atoms with Crippen molar-refractivity contribution in [2.75, 3.05) is 0 Å². The SMILES string of the molecule is CCCCCCCC(CCCCCCCC(=O)O)S(=O)(=O)O. The number of carboxylic acids is 1. The Morgan fingerprint density at radius 2 is 1.32 bits per heavy atom. The van der Waals surface area contributed by atoms with Gasteiger partial charge in [-0.3, -0.25) is 9.35 Å². The van der Waals surface area contributed by atoms with Crippen LogP contribution in [-0.4, -0.2) is 29.3 Å². The van der Waals surface area contributed by atoms with Crippen LogP contribution in [0.25, 0.3) is 0 Å². The average Bonchev–Trinajstić information content (AvgIpc) is 2.42. The summed E-state index contributed by atoms with van der Waals surface area (Å²) in [5, 5.41) is 7.89. The Hall–Kier alpha value is -0.620. The third-order valence-corrected chi connectivity index (χ3v) is 5.28. The Morgan fingerprint density at radius 3 is 1.77 bits per heavy atom. The molecule has 5 nitrogen and oxygen atoms in total. The summed E-state index contributed by atoms with van der Waals surface area (Å²) in [5.74, 6) is -0.769. The van der Waals surface area contributed by atoms with Crippen molar-refractivity contribution in [3.63, 3.8) is 0 Å². The second kappa shape index (κ2) is 12.9. The molecule has 1 atom stereocenters. The molecule has 0 aliphatic heterocycles. The van der Waals surface area contributed by atoms with Gasteiger partial charge in [-0.15, -0.1) is 0 Å². The molecular weight excluding hydrogens is 304 g/mol. The lowest BCUT2D eigenvalue weighted by Gasteiger charge is -2.13. The zero-order chi connectivity index (χ0) is 16.8. The summed E-state index contributed by atoms with van der Waals surface area (Å²) >= 11 is 0. The van der Waals surface area contributed by atoms with Gasteiger partial charge in [-0.05, 0) is 19.3 Å². The predicted molar refractivity (Wildman–Crippen MR) is 88.7 cm³/mol. The lowest BCUT2D eigenvalue weighted by molar-refractivity contribution is -0.137. The van der Waals surface area contributed by atoms with Gasteiger partial charge in [-0.25, -0.2) is 0 Å². The molecule has 6 heteroatoms. The van der Waals surface area contributed by atoms with Crippen molar-refractivity contribution in [1.29, 1.82) is 0 Å². The number of unbranched alkanes of at least 4 members (excludes halogenated alkanes) is 8. The molecule has 0 bridgehead atoms. The van der Waals surface area contributed by atoms with Gasteiger partial charge in [0.1, 0.15) is 0 Å². The minimum absolute atomic E-state index is 0.200. The maximum Gasteiger partial charge on any atom is 0.303 e. The van der Waals surface area contributed by atoms with Crippen molar-refractivity contribution in [2.45, 2.75) is 95.6 Å². The highest BCUT2D eigenvalue weighted by atomic mass is 32.2. The highest BCUT2D eigenvalue weighted by molar-refractivity contribution is 7.86. The lowest BCUT2D eigenvalue weighted by Crippen LogP contribution is -2.20. The molecule has 0 fully saturated rings. The van der Waals surface area contributed by atoms with Crippen LogP contribution in [0.4, 0.5) is 0 Å². The van der Waals surface area contributed by atoms with Crippen LogP contribution in [0.2, 0.25) is 0 Å². The normalized spacial score (nSPS) is 13.2. The highest BCUT2D eigenvalue weighted by Gasteiger charge is 2.21. The molecule has 0 saturated carbocycles. The summed E-state index contributed by atoms with van der Waals surface area (Å²) in [4.78, 5) is 10.4. The standard InChI is InChI=1S/C16H32O5S/c1-2-3-4-6-9-12-15(22(19,20)21)13-10-7-5-8-11-14-16(17)18/h15H,2-14H2,1H3,(H,17,18)(H,19,20,21). The van der Waals surface area contributed by atoms with Gasteiger partial charge in [0.15, 0.2) is 0 Å². The van der Waals surface area contributed by atoms with E-state index in [1.165, 1.54) is 6.42 Å². The van der Waals surface area contributed by atoms with Crippen molar-refractivity contribution in [2.24, 2.45) is 0 Å². The summed E-state index contributed by atoms with van der Waals surface area (Å²) in [6.07, 6.45) is 10.7. The predicted octanol–water partition coefficient (Wildman–Crippen LogP) is 4.42. The van der Waals surface area contributed by atoms with Crippen LogP contribution in [0.3, 0.4) is 0 Å². The van der Waals surface area contributed by atoms with E-state index in [1.54, 1.807) is 0 Å². The average molecular weight is 336 g/mol. The molecule has 2 N–H and O–H groups in total. The van der Waals surface area contributed by atoms with Gasteiger partial charge in [0.05, 0.1) is 5.25 Å². The molecule has 0 amide bonds. The van der Waals surface area contributed by atoms with Crippen LogP contribution in [0.1, 0.15) is 90.4 Å². The number of aliphatic carboxylic acids is 1. The molecule has 0 rings (SSSR count). The Balaban J connectivity index is 3.80. The Kier molecular flexibility index (Phi) is 12.5. The molecule has 1 unspecified atom stereocenters. The Labute approximate surface area is 135 Å². The molecule has 0 aromatic rings. The Bertz CT molecular complexity index is 378. The quantitative estimate of drug-likeness (QED) is 0.341. The van der Waals surface area contributed by atoms with Crippen LogP contribution in [-0.2, 0) is 14.9 Å². The third kappa shape index (κ3) is 13.1. The molecule has 0 spiro atoms.